The van der Waals surface area contributed by atoms with E-state index in [1.165, 1.54) is 0 Å². The van der Waals surface area contributed by atoms with Crippen LogP contribution in [0.2, 0.25) is 5.02 Å². The smallest absolute Gasteiger partial charge is 0.322 e. The number of amides is 4. The van der Waals surface area contributed by atoms with Crippen LogP contribution in [0.5, 0.6) is 0 Å². The van der Waals surface area contributed by atoms with Gasteiger partial charge in [-0.05, 0) is 45.0 Å². The molecule has 0 aliphatic heterocycles. The summed E-state index contributed by atoms with van der Waals surface area (Å²) in [4.78, 5) is 36.0. The number of halogens is 1. The van der Waals surface area contributed by atoms with E-state index < -0.39 is 17.5 Å². The van der Waals surface area contributed by atoms with Crippen molar-refractivity contribution in [2.45, 2.75) is 26.3 Å². The molecular weight excluding hydrogens is 332 g/mol. The fourth-order valence-corrected chi connectivity index (χ4v) is 2.02. The van der Waals surface area contributed by atoms with Gasteiger partial charge in [0.15, 0.2) is 13.1 Å². The van der Waals surface area contributed by atoms with Crippen LogP contribution in [0.4, 0.5) is 10.5 Å². The van der Waals surface area contributed by atoms with Crippen molar-refractivity contribution in [2.75, 3.05) is 25.5 Å². The molecule has 0 bridgehead atoms. The average molecular weight is 356 g/mol. The summed E-state index contributed by atoms with van der Waals surface area (Å²) in [5.41, 5.74) is 0.202. The van der Waals surface area contributed by atoms with Gasteiger partial charge in [0.1, 0.15) is 0 Å². The number of quaternary nitrogens is 1. The summed E-state index contributed by atoms with van der Waals surface area (Å²) >= 11 is 5.78. The highest BCUT2D eigenvalue weighted by Gasteiger charge is 2.19. The molecule has 7 nitrogen and oxygen atoms in total. The molecule has 8 heteroatoms. The van der Waals surface area contributed by atoms with Crippen LogP contribution < -0.4 is 20.9 Å². The van der Waals surface area contributed by atoms with Gasteiger partial charge in [-0.1, -0.05) is 11.6 Å². The maximum absolute atomic E-state index is 11.9. The summed E-state index contributed by atoms with van der Waals surface area (Å²) in [7, 11) is 1.70. The van der Waals surface area contributed by atoms with Gasteiger partial charge >= 0.3 is 6.03 Å². The van der Waals surface area contributed by atoms with Crippen LogP contribution in [-0.4, -0.2) is 43.5 Å². The molecule has 0 saturated carbocycles. The number of nitrogens with one attached hydrogen (secondary N) is 4. The van der Waals surface area contributed by atoms with Crippen LogP contribution in [0.3, 0.4) is 0 Å². The van der Waals surface area contributed by atoms with Crippen LogP contribution in [0.1, 0.15) is 20.8 Å². The first-order valence-corrected chi connectivity index (χ1v) is 7.91. The molecule has 4 amide bonds. The lowest BCUT2D eigenvalue weighted by Crippen LogP contribution is -3.11. The Balaban J connectivity index is 2.37. The molecule has 0 aliphatic rings. The quantitative estimate of drug-likeness (QED) is 0.617. The molecule has 0 heterocycles. The van der Waals surface area contributed by atoms with E-state index in [4.69, 9.17) is 11.6 Å². The molecule has 1 rings (SSSR count). The zero-order valence-electron chi connectivity index (χ0n) is 14.3. The number of urea groups is 1. The van der Waals surface area contributed by atoms with Crippen molar-refractivity contribution in [1.82, 2.24) is 10.6 Å². The lowest BCUT2D eigenvalue weighted by molar-refractivity contribution is -0.862. The van der Waals surface area contributed by atoms with E-state index >= 15 is 0 Å². The summed E-state index contributed by atoms with van der Waals surface area (Å²) in [6.07, 6.45) is 0. The molecule has 0 aliphatic carbocycles. The second-order valence-corrected chi connectivity index (χ2v) is 7.05. The van der Waals surface area contributed by atoms with Gasteiger partial charge < -0.3 is 15.5 Å². The number of carbonyl (C=O) groups is 3. The van der Waals surface area contributed by atoms with Gasteiger partial charge in [-0.25, -0.2) is 4.79 Å². The van der Waals surface area contributed by atoms with Crippen molar-refractivity contribution in [3.8, 4) is 0 Å². The standard InChI is InChI=1S/C16H23ClN4O3/c1-16(2,3)20-15(24)19-14(23)10-21(4)9-13(22)18-12-7-5-11(17)6-8-12/h5-8H,9-10H2,1-4H3,(H,18,22)(H2,19,20,23,24)/p+1. The molecule has 0 saturated heterocycles. The minimum atomic E-state index is -0.550. The van der Waals surface area contributed by atoms with Gasteiger partial charge in [-0.2, -0.15) is 0 Å². The lowest BCUT2D eigenvalue weighted by atomic mass is 10.1. The van der Waals surface area contributed by atoms with Crippen LogP contribution in [0.15, 0.2) is 24.3 Å². The Morgan fingerprint density at radius 3 is 2.12 bits per heavy atom. The summed E-state index contributed by atoms with van der Waals surface area (Å²) in [5.74, 6) is -0.685. The molecule has 1 aromatic rings. The zero-order valence-corrected chi connectivity index (χ0v) is 15.1. The fraction of sp³-hybridized carbons (Fsp3) is 0.438. The van der Waals surface area contributed by atoms with E-state index in [0.29, 0.717) is 15.6 Å². The molecule has 0 fully saturated rings. The summed E-state index contributed by atoms with van der Waals surface area (Å²) in [5, 5.41) is 8.17. The third-order valence-corrected chi connectivity index (χ3v) is 3.05. The first-order valence-electron chi connectivity index (χ1n) is 7.54. The molecular formula is C16H24ClN4O3+. The summed E-state index contributed by atoms with van der Waals surface area (Å²) < 4.78 is 0. The molecule has 4 N–H and O–H groups in total. The number of imide groups is 1. The van der Waals surface area contributed by atoms with Crippen molar-refractivity contribution in [3.05, 3.63) is 29.3 Å². The van der Waals surface area contributed by atoms with Gasteiger partial charge in [0.25, 0.3) is 11.8 Å². The molecule has 0 radical (unpaired) electrons. The van der Waals surface area contributed by atoms with Crippen LogP contribution in [0.25, 0.3) is 0 Å². The third-order valence-electron chi connectivity index (χ3n) is 2.79. The van der Waals surface area contributed by atoms with E-state index in [1.807, 2.05) is 20.8 Å². The summed E-state index contributed by atoms with van der Waals surface area (Å²) in [6, 6.07) is 6.19. The molecule has 1 aromatic carbocycles. The Bertz CT molecular complexity index is 596. The second-order valence-electron chi connectivity index (χ2n) is 6.62. The topological polar surface area (TPSA) is 91.7 Å². The third kappa shape index (κ3) is 8.50. The van der Waals surface area contributed by atoms with Crippen molar-refractivity contribution < 1.29 is 19.3 Å². The van der Waals surface area contributed by atoms with Crippen molar-refractivity contribution >= 4 is 35.1 Å². The number of likely N-dealkylation sites (N-methyl/N-ethyl adjacent to an activating group) is 1. The maximum atomic E-state index is 11.9. The van der Waals surface area contributed by atoms with Gasteiger partial charge in [0.2, 0.25) is 0 Å². The van der Waals surface area contributed by atoms with E-state index in [9.17, 15) is 14.4 Å². The number of benzene rings is 1. The SMILES string of the molecule is C[NH+](CC(=O)NC(=O)NC(C)(C)C)CC(=O)Nc1ccc(Cl)cc1. The molecule has 1 unspecified atom stereocenters. The van der Waals surface area contributed by atoms with Crippen molar-refractivity contribution in [2.24, 2.45) is 0 Å². The monoisotopic (exact) mass is 355 g/mol. The molecule has 24 heavy (non-hydrogen) atoms. The van der Waals surface area contributed by atoms with Crippen molar-refractivity contribution in [1.29, 1.82) is 0 Å². The first kappa shape index (κ1) is 19.9. The fourth-order valence-electron chi connectivity index (χ4n) is 1.89. The summed E-state index contributed by atoms with van der Waals surface area (Å²) in [6.45, 7) is 5.54. The van der Waals surface area contributed by atoms with Gasteiger partial charge in [-0.3, -0.25) is 14.9 Å². The molecule has 1 atom stereocenters. The van der Waals surface area contributed by atoms with Crippen LogP contribution >= 0.6 is 11.6 Å². The Hall–Kier alpha value is -2.12. The number of hydrogen-bond acceptors (Lipinski definition) is 3. The minimum Gasteiger partial charge on any atom is -0.333 e. The van der Waals surface area contributed by atoms with Crippen molar-refractivity contribution in [3.63, 3.8) is 0 Å². The Kier molecular flexibility index (Phi) is 7.18. The van der Waals surface area contributed by atoms with E-state index in [0.717, 1.165) is 0 Å². The molecule has 0 aromatic heterocycles. The van der Waals surface area contributed by atoms with E-state index in [2.05, 4.69) is 16.0 Å². The predicted molar refractivity (Wildman–Crippen MR) is 93.1 cm³/mol. The highest BCUT2D eigenvalue weighted by Crippen LogP contribution is 2.12. The number of rotatable bonds is 5. The molecule has 132 valence electrons. The van der Waals surface area contributed by atoms with E-state index in [-0.39, 0.29) is 19.0 Å². The average Bonchev–Trinajstić information content (AvgIpc) is 2.38. The Labute approximate surface area is 146 Å². The van der Waals surface area contributed by atoms with E-state index in [1.54, 1.807) is 31.3 Å². The highest BCUT2D eigenvalue weighted by molar-refractivity contribution is 6.30. The molecule has 0 spiro atoms. The zero-order chi connectivity index (χ0) is 18.3. The van der Waals surface area contributed by atoms with Crippen LogP contribution in [-0.2, 0) is 9.59 Å². The van der Waals surface area contributed by atoms with Gasteiger partial charge in [0.05, 0.1) is 7.05 Å². The van der Waals surface area contributed by atoms with Crippen LogP contribution in [0, 0.1) is 0 Å². The Morgan fingerprint density at radius 1 is 1.04 bits per heavy atom. The highest BCUT2D eigenvalue weighted by atomic mass is 35.5. The normalized spacial score (nSPS) is 12.2. The lowest BCUT2D eigenvalue weighted by Gasteiger charge is -2.20. The largest absolute Gasteiger partial charge is 0.333 e. The first-order chi connectivity index (χ1) is 11.0. The maximum Gasteiger partial charge on any atom is 0.322 e. The Morgan fingerprint density at radius 2 is 1.58 bits per heavy atom. The number of hydrogen-bond donors (Lipinski definition) is 4. The predicted octanol–water partition coefficient (Wildman–Crippen LogP) is 0.418. The minimum absolute atomic E-state index is 0.00556. The van der Waals surface area contributed by atoms with Gasteiger partial charge in [-0.15, -0.1) is 0 Å². The van der Waals surface area contributed by atoms with Gasteiger partial charge in [0, 0.05) is 16.2 Å². The second kappa shape index (κ2) is 8.65. The number of anilines is 1. The number of carbonyl (C=O) groups excluding carboxylic acids is 3.